The van der Waals surface area contributed by atoms with Crippen molar-refractivity contribution in [1.29, 1.82) is 0 Å². The number of thiocarbonyl (C=S) groups is 1. The fourth-order valence-electron chi connectivity index (χ4n) is 2.70. The van der Waals surface area contributed by atoms with Gasteiger partial charge in [-0.3, -0.25) is 0 Å². The summed E-state index contributed by atoms with van der Waals surface area (Å²) in [7, 11) is 0. The molecule has 2 rings (SSSR count). The molecule has 1 heterocycles. The Kier molecular flexibility index (Phi) is 7.40. The highest BCUT2D eigenvalue weighted by Gasteiger charge is 2.24. The molecular weight excluding hydrogens is 304 g/mol. The number of hydrogen-bond acceptors (Lipinski definition) is 4. The summed E-state index contributed by atoms with van der Waals surface area (Å²) in [6.07, 6.45) is 10.3. The quantitative estimate of drug-likeness (QED) is 0.443. The molecule has 23 heavy (non-hydrogen) atoms. The third-order valence-corrected chi connectivity index (χ3v) is 4.31. The van der Waals surface area contributed by atoms with Crippen LogP contribution >= 0.6 is 12.2 Å². The lowest BCUT2D eigenvalue weighted by Crippen LogP contribution is -2.39. The first-order valence-electron chi connectivity index (χ1n) is 8.70. The van der Waals surface area contributed by atoms with Crippen LogP contribution in [0.2, 0.25) is 0 Å². The van der Waals surface area contributed by atoms with Crippen LogP contribution in [0.25, 0.3) is 0 Å². The number of benzene rings is 1. The summed E-state index contributed by atoms with van der Waals surface area (Å²) >= 11 is 5.27. The molecule has 0 bridgehead atoms. The minimum absolute atomic E-state index is 0.117. The van der Waals surface area contributed by atoms with Gasteiger partial charge < -0.3 is 14.5 Å². The van der Waals surface area contributed by atoms with Crippen LogP contribution in [-0.4, -0.2) is 29.6 Å². The summed E-state index contributed by atoms with van der Waals surface area (Å²) in [5, 5.41) is 1.84. The van der Waals surface area contributed by atoms with Gasteiger partial charge in [-0.2, -0.15) is 0 Å². The Labute approximate surface area is 145 Å². The maximum absolute atomic E-state index is 5.87. The van der Waals surface area contributed by atoms with E-state index in [1.165, 1.54) is 25.7 Å². The second kappa shape index (κ2) is 9.56. The van der Waals surface area contributed by atoms with Gasteiger partial charge in [0, 0.05) is 36.1 Å². The van der Waals surface area contributed by atoms with E-state index < -0.39 is 0 Å². The molecule has 0 aliphatic carbocycles. The number of ether oxygens (including phenoxy) is 1. The third kappa shape index (κ3) is 4.96. The molecule has 1 unspecified atom stereocenters. The van der Waals surface area contributed by atoms with E-state index in [9.17, 15) is 0 Å². The number of hydrogen-bond donors (Lipinski definition) is 0. The molecule has 0 fully saturated rings. The van der Waals surface area contributed by atoms with E-state index >= 15 is 0 Å². The van der Waals surface area contributed by atoms with Gasteiger partial charge in [-0.25, -0.2) is 0 Å². The van der Waals surface area contributed by atoms with Gasteiger partial charge in [0.2, 0.25) is 0 Å². The Bertz CT molecular complexity index is 518. The van der Waals surface area contributed by atoms with E-state index in [0.717, 1.165) is 31.0 Å². The van der Waals surface area contributed by atoms with Crippen LogP contribution in [0.3, 0.4) is 0 Å². The van der Waals surface area contributed by atoms with Gasteiger partial charge in [-0.05, 0) is 25.0 Å². The molecule has 0 saturated carbocycles. The Morgan fingerprint density at radius 2 is 1.96 bits per heavy atom. The van der Waals surface area contributed by atoms with Crippen molar-refractivity contribution in [2.45, 2.75) is 52.1 Å². The standard InChI is InChI=1S/C19H28N2OS/c1-3-5-7-14-22-18-10-8-9-17(15-18)21-13-12-20(11-6-4-2)19(21)16-23/h8-10,12-13,15-16,19H,3-7,11,14H2,1-2H3. The molecular formula is C19H28N2OS. The van der Waals surface area contributed by atoms with E-state index in [0.29, 0.717) is 0 Å². The van der Waals surface area contributed by atoms with E-state index in [-0.39, 0.29) is 6.17 Å². The molecule has 1 aromatic carbocycles. The molecule has 1 aliphatic heterocycles. The topological polar surface area (TPSA) is 15.7 Å². The van der Waals surface area contributed by atoms with Crippen molar-refractivity contribution >= 4 is 23.3 Å². The Morgan fingerprint density at radius 1 is 1.13 bits per heavy atom. The molecule has 0 radical (unpaired) electrons. The number of rotatable bonds is 10. The summed E-state index contributed by atoms with van der Waals surface area (Å²) < 4.78 is 5.87. The molecule has 0 saturated heterocycles. The second-order valence-corrected chi connectivity index (χ2v) is 6.17. The molecule has 0 amide bonds. The summed E-state index contributed by atoms with van der Waals surface area (Å²) in [5.74, 6) is 0.933. The smallest absolute Gasteiger partial charge is 0.135 e. The van der Waals surface area contributed by atoms with E-state index in [1.807, 2.05) is 17.5 Å². The first kappa shape index (κ1) is 17.8. The van der Waals surface area contributed by atoms with E-state index in [1.54, 1.807) is 0 Å². The fraction of sp³-hybridized carbons (Fsp3) is 0.526. The molecule has 3 nitrogen and oxygen atoms in total. The van der Waals surface area contributed by atoms with Crippen molar-refractivity contribution < 1.29 is 4.74 Å². The average molecular weight is 333 g/mol. The highest BCUT2D eigenvalue weighted by atomic mass is 32.1. The Hall–Kier alpha value is -1.55. The first-order valence-corrected chi connectivity index (χ1v) is 9.17. The van der Waals surface area contributed by atoms with Crippen LogP contribution in [-0.2, 0) is 0 Å². The molecule has 1 aliphatic rings. The summed E-state index contributed by atoms with van der Waals surface area (Å²) in [6, 6.07) is 8.29. The van der Waals surface area contributed by atoms with Crippen molar-refractivity contribution in [2.24, 2.45) is 0 Å². The van der Waals surface area contributed by atoms with Crippen molar-refractivity contribution in [2.75, 3.05) is 18.1 Å². The first-order chi connectivity index (χ1) is 11.3. The molecule has 4 heteroatoms. The lowest BCUT2D eigenvalue weighted by atomic mass is 10.2. The van der Waals surface area contributed by atoms with Gasteiger partial charge >= 0.3 is 0 Å². The van der Waals surface area contributed by atoms with Gasteiger partial charge in [-0.15, -0.1) is 0 Å². The predicted octanol–water partition coefficient (Wildman–Crippen LogP) is 4.97. The van der Waals surface area contributed by atoms with Crippen LogP contribution in [0.15, 0.2) is 36.7 Å². The summed E-state index contributed by atoms with van der Waals surface area (Å²) in [4.78, 5) is 4.51. The molecule has 126 valence electrons. The Morgan fingerprint density at radius 3 is 2.70 bits per heavy atom. The fourth-order valence-corrected chi connectivity index (χ4v) is 2.99. The van der Waals surface area contributed by atoms with Crippen molar-refractivity contribution in [3.05, 3.63) is 36.7 Å². The van der Waals surface area contributed by atoms with Crippen LogP contribution in [0.5, 0.6) is 5.75 Å². The number of nitrogens with zero attached hydrogens (tertiary/aromatic N) is 2. The summed E-state index contributed by atoms with van der Waals surface area (Å²) in [5.41, 5.74) is 1.12. The number of unbranched alkanes of at least 4 members (excludes halogenated alkanes) is 3. The molecule has 0 aromatic heterocycles. The maximum Gasteiger partial charge on any atom is 0.135 e. The average Bonchev–Trinajstić information content (AvgIpc) is 3.00. The van der Waals surface area contributed by atoms with Crippen molar-refractivity contribution in [3.8, 4) is 5.75 Å². The van der Waals surface area contributed by atoms with Crippen LogP contribution in [0.4, 0.5) is 5.69 Å². The van der Waals surface area contributed by atoms with E-state index in [2.05, 4.69) is 48.2 Å². The third-order valence-electron chi connectivity index (χ3n) is 4.07. The van der Waals surface area contributed by atoms with Crippen LogP contribution in [0, 0.1) is 0 Å². The van der Waals surface area contributed by atoms with Crippen molar-refractivity contribution in [1.82, 2.24) is 4.90 Å². The zero-order chi connectivity index (χ0) is 16.5. The van der Waals surface area contributed by atoms with E-state index in [4.69, 9.17) is 17.0 Å². The van der Waals surface area contributed by atoms with Gasteiger partial charge in [0.15, 0.2) is 0 Å². The highest BCUT2D eigenvalue weighted by molar-refractivity contribution is 7.79. The Balaban J connectivity index is 2.00. The molecule has 1 aromatic rings. The van der Waals surface area contributed by atoms with Crippen LogP contribution in [0.1, 0.15) is 46.0 Å². The maximum atomic E-state index is 5.87. The van der Waals surface area contributed by atoms with Gasteiger partial charge in [0.25, 0.3) is 0 Å². The SMILES string of the molecule is CCCCCOc1cccc(N2C=CN(CCCC)C2C=S)c1. The van der Waals surface area contributed by atoms with Crippen LogP contribution < -0.4 is 9.64 Å². The highest BCUT2D eigenvalue weighted by Crippen LogP contribution is 2.27. The van der Waals surface area contributed by atoms with Crippen molar-refractivity contribution in [3.63, 3.8) is 0 Å². The van der Waals surface area contributed by atoms with Gasteiger partial charge in [-0.1, -0.05) is 51.4 Å². The lowest BCUT2D eigenvalue weighted by Gasteiger charge is -2.29. The molecule has 0 N–H and O–H groups in total. The zero-order valence-corrected chi connectivity index (χ0v) is 15.1. The summed E-state index contributed by atoms with van der Waals surface area (Å²) in [6.45, 7) is 6.24. The minimum atomic E-state index is 0.117. The largest absolute Gasteiger partial charge is 0.494 e. The second-order valence-electron chi connectivity index (χ2n) is 5.90. The minimum Gasteiger partial charge on any atom is -0.494 e. The lowest BCUT2D eigenvalue weighted by molar-refractivity contribution is 0.306. The van der Waals surface area contributed by atoms with Gasteiger partial charge in [0.05, 0.1) is 6.61 Å². The number of anilines is 1. The molecule has 0 spiro atoms. The molecule has 1 atom stereocenters. The zero-order valence-electron chi connectivity index (χ0n) is 14.3. The monoisotopic (exact) mass is 332 g/mol. The predicted molar refractivity (Wildman–Crippen MR) is 102 cm³/mol. The van der Waals surface area contributed by atoms with Gasteiger partial charge in [0.1, 0.15) is 11.9 Å². The normalized spacial score (nSPS) is 16.9.